The van der Waals surface area contributed by atoms with Gasteiger partial charge in [0.05, 0.1) is 0 Å². The van der Waals surface area contributed by atoms with Crippen LogP contribution in [0.3, 0.4) is 0 Å². The van der Waals surface area contributed by atoms with Crippen LogP contribution in [0.4, 0.5) is 0 Å². The molecule has 0 atom stereocenters. The highest BCUT2D eigenvalue weighted by molar-refractivity contribution is 5.97. The summed E-state index contributed by atoms with van der Waals surface area (Å²) in [4.78, 5) is 27.4. The Morgan fingerprint density at radius 1 is 0.944 bits per heavy atom. The van der Waals surface area contributed by atoms with Crippen molar-refractivity contribution >= 4 is 11.7 Å². The standard InChI is InChI=1S/C14H18N2O2/c1-11(17)12-3-5-13(6-4-12)14(18)16-9-7-15(2)8-10-16/h3-6H,7-10H2,1-2H3. The van der Waals surface area contributed by atoms with Gasteiger partial charge in [-0.2, -0.15) is 0 Å². The smallest absolute Gasteiger partial charge is 0.253 e. The molecule has 1 amide bonds. The first-order valence-electron chi connectivity index (χ1n) is 6.17. The molecule has 0 bridgehead atoms. The van der Waals surface area contributed by atoms with Crippen LogP contribution in [-0.4, -0.2) is 54.7 Å². The number of carbonyl (C=O) groups is 2. The Labute approximate surface area is 107 Å². The van der Waals surface area contributed by atoms with Crippen LogP contribution < -0.4 is 0 Å². The lowest BCUT2D eigenvalue weighted by molar-refractivity contribution is 0.0664. The SMILES string of the molecule is CC(=O)c1ccc(C(=O)N2CCN(C)CC2)cc1. The summed E-state index contributed by atoms with van der Waals surface area (Å²) in [5.41, 5.74) is 1.30. The van der Waals surface area contributed by atoms with E-state index < -0.39 is 0 Å². The maximum absolute atomic E-state index is 12.2. The Balaban J connectivity index is 2.07. The monoisotopic (exact) mass is 246 g/mol. The van der Waals surface area contributed by atoms with Crippen LogP contribution in [0.5, 0.6) is 0 Å². The lowest BCUT2D eigenvalue weighted by Crippen LogP contribution is -2.47. The van der Waals surface area contributed by atoms with Gasteiger partial charge in [-0.3, -0.25) is 9.59 Å². The van der Waals surface area contributed by atoms with Gasteiger partial charge in [0, 0.05) is 37.3 Å². The first-order valence-corrected chi connectivity index (χ1v) is 6.17. The van der Waals surface area contributed by atoms with Crippen molar-refractivity contribution in [3.05, 3.63) is 35.4 Å². The quantitative estimate of drug-likeness (QED) is 0.738. The molecule has 0 spiro atoms. The zero-order chi connectivity index (χ0) is 13.1. The van der Waals surface area contributed by atoms with Crippen molar-refractivity contribution in [3.63, 3.8) is 0 Å². The van der Waals surface area contributed by atoms with E-state index in [0.717, 1.165) is 26.2 Å². The van der Waals surface area contributed by atoms with E-state index in [9.17, 15) is 9.59 Å². The van der Waals surface area contributed by atoms with Gasteiger partial charge < -0.3 is 9.80 Å². The number of ketones is 1. The lowest BCUT2D eigenvalue weighted by Gasteiger charge is -2.32. The van der Waals surface area contributed by atoms with Crippen LogP contribution in [-0.2, 0) is 0 Å². The van der Waals surface area contributed by atoms with Crippen LogP contribution in [0.25, 0.3) is 0 Å². The summed E-state index contributed by atoms with van der Waals surface area (Å²) in [6, 6.07) is 6.89. The highest BCUT2D eigenvalue weighted by Crippen LogP contribution is 2.10. The number of Topliss-reactive ketones (excluding diaryl/α,β-unsaturated/α-hetero) is 1. The van der Waals surface area contributed by atoms with Crippen molar-refractivity contribution in [2.24, 2.45) is 0 Å². The number of rotatable bonds is 2. The predicted octanol–water partition coefficient (Wildman–Crippen LogP) is 1.28. The van der Waals surface area contributed by atoms with E-state index in [1.807, 2.05) is 4.90 Å². The van der Waals surface area contributed by atoms with E-state index in [-0.39, 0.29) is 11.7 Å². The van der Waals surface area contributed by atoms with Gasteiger partial charge in [0.1, 0.15) is 0 Å². The van der Waals surface area contributed by atoms with Gasteiger partial charge in [0.25, 0.3) is 5.91 Å². The van der Waals surface area contributed by atoms with Crippen LogP contribution >= 0.6 is 0 Å². The molecule has 0 N–H and O–H groups in total. The Morgan fingerprint density at radius 3 is 1.94 bits per heavy atom. The summed E-state index contributed by atoms with van der Waals surface area (Å²) >= 11 is 0. The third kappa shape index (κ3) is 2.76. The van der Waals surface area contributed by atoms with Crippen LogP contribution in [0.2, 0.25) is 0 Å². The number of benzene rings is 1. The van der Waals surface area contributed by atoms with Gasteiger partial charge in [0.15, 0.2) is 5.78 Å². The average molecular weight is 246 g/mol. The molecule has 4 nitrogen and oxygen atoms in total. The van der Waals surface area contributed by atoms with Crippen LogP contribution in [0.1, 0.15) is 27.6 Å². The van der Waals surface area contributed by atoms with Gasteiger partial charge in [-0.1, -0.05) is 12.1 Å². The molecule has 18 heavy (non-hydrogen) atoms. The molecule has 0 aromatic heterocycles. The summed E-state index contributed by atoms with van der Waals surface area (Å²) < 4.78 is 0. The zero-order valence-electron chi connectivity index (χ0n) is 10.8. The lowest BCUT2D eigenvalue weighted by atomic mass is 10.1. The second kappa shape index (κ2) is 5.31. The minimum atomic E-state index is 0.0218. The zero-order valence-corrected chi connectivity index (χ0v) is 10.8. The molecule has 1 aliphatic heterocycles. The predicted molar refractivity (Wildman–Crippen MR) is 69.8 cm³/mol. The summed E-state index contributed by atoms with van der Waals surface area (Å²) in [5.74, 6) is 0.0757. The van der Waals surface area contributed by atoms with Gasteiger partial charge in [-0.25, -0.2) is 0 Å². The number of likely N-dealkylation sites (N-methyl/N-ethyl adjacent to an activating group) is 1. The van der Waals surface area contributed by atoms with Gasteiger partial charge in [-0.15, -0.1) is 0 Å². The second-order valence-electron chi connectivity index (χ2n) is 4.73. The Bertz CT molecular complexity index is 445. The Morgan fingerprint density at radius 2 is 1.44 bits per heavy atom. The Hall–Kier alpha value is -1.68. The number of nitrogens with zero attached hydrogens (tertiary/aromatic N) is 2. The third-order valence-corrected chi connectivity index (χ3v) is 3.33. The van der Waals surface area contributed by atoms with Crippen molar-refractivity contribution in [1.29, 1.82) is 0 Å². The fourth-order valence-corrected chi connectivity index (χ4v) is 2.04. The molecule has 4 heteroatoms. The van der Waals surface area contributed by atoms with Crippen molar-refractivity contribution < 1.29 is 9.59 Å². The summed E-state index contributed by atoms with van der Waals surface area (Å²) in [7, 11) is 2.06. The normalized spacial score (nSPS) is 16.7. The number of piperazine rings is 1. The average Bonchev–Trinajstić information content (AvgIpc) is 2.39. The Kier molecular flexibility index (Phi) is 3.77. The van der Waals surface area contributed by atoms with Gasteiger partial charge in [0.2, 0.25) is 0 Å². The molecular formula is C14H18N2O2. The highest BCUT2D eigenvalue weighted by atomic mass is 16.2. The molecular weight excluding hydrogens is 228 g/mol. The summed E-state index contributed by atoms with van der Waals surface area (Å²) in [5, 5.41) is 0. The summed E-state index contributed by atoms with van der Waals surface area (Å²) in [6.07, 6.45) is 0. The number of hydrogen-bond acceptors (Lipinski definition) is 3. The second-order valence-corrected chi connectivity index (χ2v) is 4.73. The molecule has 0 radical (unpaired) electrons. The van der Waals surface area contributed by atoms with Gasteiger partial charge >= 0.3 is 0 Å². The fraction of sp³-hybridized carbons (Fsp3) is 0.429. The summed E-state index contributed by atoms with van der Waals surface area (Å²) in [6.45, 7) is 4.89. The van der Waals surface area contributed by atoms with Crippen LogP contribution in [0, 0.1) is 0 Å². The van der Waals surface area contributed by atoms with E-state index in [2.05, 4.69) is 11.9 Å². The first kappa shape index (κ1) is 12.8. The van der Waals surface area contributed by atoms with Crippen molar-refractivity contribution in [3.8, 4) is 0 Å². The fourth-order valence-electron chi connectivity index (χ4n) is 2.04. The van der Waals surface area contributed by atoms with E-state index >= 15 is 0 Å². The number of hydrogen-bond donors (Lipinski definition) is 0. The van der Waals surface area contributed by atoms with E-state index in [1.54, 1.807) is 24.3 Å². The molecule has 1 aromatic rings. The number of carbonyl (C=O) groups excluding carboxylic acids is 2. The molecule has 1 fully saturated rings. The molecule has 1 heterocycles. The molecule has 0 saturated carbocycles. The topological polar surface area (TPSA) is 40.6 Å². The maximum atomic E-state index is 12.2. The van der Waals surface area contributed by atoms with Gasteiger partial charge in [-0.05, 0) is 26.1 Å². The third-order valence-electron chi connectivity index (χ3n) is 3.33. The van der Waals surface area contributed by atoms with Crippen LogP contribution in [0.15, 0.2) is 24.3 Å². The molecule has 1 aromatic carbocycles. The number of amides is 1. The molecule has 0 aliphatic carbocycles. The largest absolute Gasteiger partial charge is 0.336 e. The minimum Gasteiger partial charge on any atom is -0.336 e. The first-order chi connectivity index (χ1) is 8.58. The molecule has 1 saturated heterocycles. The molecule has 2 rings (SSSR count). The van der Waals surface area contributed by atoms with Crippen molar-refractivity contribution in [1.82, 2.24) is 9.80 Å². The molecule has 96 valence electrons. The maximum Gasteiger partial charge on any atom is 0.253 e. The van der Waals surface area contributed by atoms with Crippen molar-refractivity contribution in [2.45, 2.75) is 6.92 Å². The van der Waals surface area contributed by atoms with Crippen molar-refractivity contribution in [2.75, 3.05) is 33.2 Å². The van der Waals surface area contributed by atoms with E-state index in [4.69, 9.17) is 0 Å². The van der Waals surface area contributed by atoms with E-state index in [0.29, 0.717) is 11.1 Å². The van der Waals surface area contributed by atoms with E-state index in [1.165, 1.54) is 6.92 Å². The minimum absolute atomic E-state index is 0.0218. The molecule has 1 aliphatic rings. The molecule has 0 unspecified atom stereocenters. The highest BCUT2D eigenvalue weighted by Gasteiger charge is 2.20.